The molecule has 0 saturated heterocycles. The molecule has 1 N–H and O–H groups in total. The number of anilines is 1. The maximum Gasteiger partial charge on any atom is 0.371 e. The summed E-state index contributed by atoms with van der Waals surface area (Å²) >= 11 is 0. The smallest absolute Gasteiger partial charge is 0.371 e. The van der Waals surface area contributed by atoms with Crippen molar-refractivity contribution >= 4 is 26.5 Å². The summed E-state index contributed by atoms with van der Waals surface area (Å²) in [7, 11) is -4.10. The first kappa shape index (κ1) is 17.7. The van der Waals surface area contributed by atoms with E-state index in [2.05, 4.69) is 10.5 Å². The van der Waals surface area contributed by atoms with Gasteiger partial charge < -0.3 is 4.74 Å². The van der Waals surface area contributed by atoms with E-state index in [0.717, 1.165) is 5.56 Å². The number of benzene rings is 2. The van der Waals surface area contributed by atoms with Crippen LogP contribution in [-0.4, -0.2) is 26.0 Å². The van der Waals surface area contributed by atoms with Gasteiger partial charge in [0.05, 0.1) is 17.2 Å². The molecule has 0 atom stereocenters. The fraction of sp³-hybridized carbons (Fsp3) is 0.176. The molecule has 24 heavy (non-hydrogen) atoms. The molecule has 0 unspecified atom stereocenters. The monoisotopic (exact) mass is 346 g/mol. The summed E-state index contributed by atoms with van der Waals surface area (Å²) in [6, 6.07) is 14.9. The standard InChI is InChI=1S/C17H18N2O4S/c1-3-23-17(20)16(19-18-14-7-5-4-6-8-14)24(21,22)15-11-9-13(2)10-12-15/h4-12,18H,3H2,1-2H3/b19-16-. The van der Waals surface area contributed by atoms with E-state index in [0.29, 0.717) is 5.69 Å². The fourth-order valence-corrected chi connectivity index (χ4v) is 3.03. The number of hydrazone groups is 1. The minimum Gasteiger partial charge on any atom is -0.461 e. The molecule has 2 aromatic carbocycles. The van der Waals surface area contributed by atoms with E-state index >= 15 is 0 Å². The Balaban J connectivity index is 2.41. The molecule has 0 aliphatic rings. The van der Waals surface area contributed by atoms with Gasteiger partial charge in [-0.25, -0.2) is 13.2 Å². The molecule has 0 aliphatic heterocycles. The second-order valence-electron chi connectivity index (χ2n) is 4.93. The lowest BCUT2D eigenvalue weighted by Crippen LogP contribution is -2.28. The number of carbonyl (C=O) groups excluding carboxylic acids is 1. The van der Waals surface area contributed by atoms with Crippen LogP contribution in [0.5, 0.6) is 0 Å². The average Bonchev–Trinajstić information content (AvgIpc) is 2.56. The van der Waals surface area contributed by atoms with E-state index in [4.69, 9.17) is 4.74 Å². The van der Waals surface area contributed by atoms with Crippen molar-refractivity contribution in [3.05, 3.63) is 60.2 Å². The summed E-state index contributed by atoms with van der Waals surface area (Å²) in [6.45, 7) is 3.49. The predicted molar refractivity (Wildman–Crippen MR) is 92.5 cm³/mol. The lowest BCUT2D eigenvalue weighted by molar-refractivity contribution is -0.134. The van der Waals surface area contributed by atoms with Crippen LogP contribution in [0.4, 0.5) is 5.69 Å². The molecule has 6 nitrogen and oxygen atoms in total. The Morgan fingerprint density at radius 3 is 2.29 bits per heavy atom. The number of para-hydroxylation sites is 1. The first-order valence-corrected chi connectivity index (χ1v) is 8.81. The Bertz CT molecular complexity index is 829. The van der Waals surface area contributed by atoms with Gasteiger partial charge in [0.1, 0.15) is 0 Å². The Hall–Kier alpha value is -2.67. The lowest BCUT2D eigenvalue weighted by Gasteiger charge is -2.09. The van der Waals surface area contributed by atoms with Gasteiger partial charge in [-0.3, -0.25) is 5.43 Å². The summed E-state index contributed by atoms with van der Waals surface area (Å²) in [5.41, 5.74) is 4.04. The Morgan fingerprint density at radius 1 is 1.08 bits per heavy atom. The summed E-state index contributed by atoms with van der Waals surface area (Å²) in [5, 5.41) is 3.10. The largest absolute Gasteiger partial charge is 0.461 e. The third kappa shape index (κ3) is 4.20. The zero-order chi connectivity index (χ0) is 17.6. The van der Waals surface area contributed by atoms with Gasteiger partial charge in [-0.05, 0) is 38.1 Å². The van der Waals surface area contributed by atoms with Crippen LogP contribution in [0.3, 0.4) is 0 Å². The highest BCUT2D eigenvalue weighted by Gasteiger charge is 2.30. The summed E-state index contributed by atoms with van der Waals surface area (Å²) in [5.74, 6) is -0.999. The van der Waals surface area contributed by atoms with Gasteiger partial charge in [-0.2, -0.15) is 5.10 Å². The highest BCUT2D eigenvalue weighted by molar-refractivity contribution is 8.08. The molecule has 126 valence electrons. The van der Waals surface area contributed by atoms with E-state index in [1.54, 1.807) is 43.3 Å². The molecule has 2 rings (SSSR count). The maximum absolute atomic E-state index is 12.7. The first-order valence-electron chi connectivity index (χ1n) is 7.32. The Morgan fingerprint density at radius 2 is 1.71 bits per heavy atom. The molecular weight excluding hydrogens is 328 g/mol. The number of hydrogen-bond donors (Lipinski definition) is 1. The number of sulfone groups is 1. The number of esters is 1. The minimum atomic E-state index is -4.10. The van der Waals surface area contributed by atoms with Crippen LogP contribution < -0.4 is 5.43 Å². The molecular formula is C17H18N2O4S. The lowest BCUT2D eigenvalue weighted by atomic mass is 10.2. The zero-order valence-corrected chi connectivity index (χ0v) is 14.2. The van der Waals surface area contributed by atoms with Crippen molar-refractivity contribution in [3.8, 4) is 0 Å². The summed E-state index contributed by atoms with van der Waals surface area (Å²) in [4.78, 5) is 12.1. The number of ether oxygens (including phenoxy) is 1. The number of nitrogens with zero attached hydrogens (tertiary/aromatic N) is 1. The average molecular weight is 346 g/mol. The van der Waals surface area contributed by atoms with Crippen LogP contribution >= 0.6 is 0 Å². The normalized spacial score (nSPS) is 11.8. The number of hydrogen-bond acceptors (Lipinski definition) is 6. The molecule has 0 amide bonds. The second kappa shape index (κ2) is 7.74. The number of carbonyl (C=O) groups is 1. The Kier molecular flexibility index (Phi) is 5.70. The van der Waals surface area contributed by atoms with E-state index < -0.39 is 20.9 Å². The van der Waals surface area contributed by atoms with Gasteiger partial charge in [-0.15, -0.1) is 0 Å². The van der Waals surface area contributed by atoms with Crippen molar-refractivity contribution in [1.29, 1.82) is 0 Å². The number of rotatable bonds is 4. The van der Waals surface area contributed by atoms with Crippen LogP contribution in [0, 0.1) is 6.92 Å². The summed E-state index contributed by atoms with van der Waals surface area (Å²) in [6.07, 6.45) is 0. The van der Waals surface area contributed by atoms with Crippen molar-refractivity contribution in [2.75, 3.05) is 12.0 Å². The van der Waals surface area contributed by atoms with Crippen LogP contribution in [0.2, 0.25) is 0 Å². The van der Waals surface area contributed by atoms with E-state index in [1.807, 2.05) is 13.0 Å². The maximum atomic E-state index is 12.7. The molecule has 2 aromatic rings. The fourth-order valence-electron chi connectivity index (χ4n) is 1.87. The first-order chi connectivity index (χ1) is 11.4. The van der Waals surface area contributed by atoms with Gasteiger partial charge >= 0.3 is 5.97 Å². The number of aryl methyl sites for hydroxylation is 1. The molecule has 0 radical (unpaired) electrons. The molecule has 0 aliphatic carbocycles. The van der Waals surface area contributed by atoms with Gasteiger partial charge in [0.15, 0.2) is 0 Å². The summed E-state index contributed by atoms with van der Waals surface area (Å²) < 4.78 is 30.3. The SMILES string of the molecule is CCOC(=O)/C(=N/Nc1ccccc1)S(=O)(=O)c1ccc(C)cc1. The highest BCUT2D eigenvalue weighted by Crippen LogP contribution is 2.15. The van der Waals surface area contributed by atoms with Crippen molar-refractivity contribution in [2.24, 2.45) is 5.10 Å². The molecule has 7 heteroatoms. The molecule has 0 saturated carbocycles. The van der Waals surface area contributed by atoms with Crippen molar-refractivity contribution in [3.63, 3.8) is 0 Å². The zero-order valence-electron chi connectivity index (χ0n) is 13.4. The predicted octanol–water partition coefficient (Wildman–Crippen LogP) is 2.76. The van der Waals surface area contributed by atoms with Crippen LogP contribution in [0.15, 0.2) is 64.6 Å². The van der Waals surface area contributed by atoms with E-state index in [9.17, 15) is 13.2 Å². The minimum absolute atomic E-state index is 0.0187. The van der Waals surface area contributed by atoms with E-state index in [1.165, 1.54) is 12.1 Å². The van der Waals surface area contributed by atoms with Crippen LogP contribution in [-0.2, 0) is 19.4 Å². The molecule has 0 aromatic heterocycles. The Labute approximate surface area is 141 Å². The van der Waals surface area contributed by atoms with E-state index in [-0.39, 0.29) is 11.5 Å². The molecule has 0 spiro atoms. The third-order valence-corrected chi connectivity index (χ3v) is 4.76. The highest BCUT2D eigenvalue weighted by atomic mass is 32.2. The van der Waals surface area contributed by atoms with Gasteiger partial charge in [0.2, 0.25) is 9.84 Å². The van der Waals surface area contributed by atoms with Crippen molar-refractivity contribution in [2.45, 2.75) is 18.7 Å². The van der Waals surface area contributed by atoms with Gasteiger partial charge in [0.25, 0.3) is 5.04 Å². The van der Waals surface area contributed by atoms with Crippen LogP contribution in [0.1, 0.15) is 12.5 Å². The van der Waals surface area contributed by atoms with Crippen molar-refractivity contribution < 1.29 is 17.9 Å². The molecule has 0 heterocycles. The molecule has 0 fully saturated rings. The van der Waals surface area contributed by atoms with Crippen molar-refractivity contribution in [1.82, 2.24) is 0 Å². The van der Waals surface area contributed by atoms with Crippen LogP contribution in [0.25, 0.3) is 0 Å². The van der Waals surface area contributed by atoms with Gasteiger partial charge in [-0.1, -0.05) is 35.9 Å². The quantitative estimate of drug-likeness (QED) is 0.398. The van der Waals surface area contributed by atoms with Gasteiger partial charge in [0, 0.05) is 0 Å². The number of nitrogens with one attached hydrogen (secondary N) is 1. The second-order valence-corrected chi connectivity index (χ2v) is 6.80. The molecule has 0 bridgehead atoms. The third-order valence-electron chi connectivity index (χ3n) is 3.10. The topological polar surface area (TPSA) is 84.8 Å².